The van der Waals surface area contributed by atoms with E-state index in [0.29, 0.717) is 10.7 Å². The number of carbonyl (C=O) groups is 2. The molecule has 0 heterocycles. The van der Waals surface area contributed by atoms with Crippen LogP contribution in [0.15, 0.2) is 53.4 Å². The number of hydrogen-bond acceptors (Lipinski definition) is 4. The van der Waals surface area contributed by atoms with Gasteiger partial charge in [0.15, 0.2) is 0 Å². The Balaban J connectivity index is 2.21. The first-order chi connectivity index (χ1) is 12.6. The maximum Gasteiger partial charge on any atom is 0.261 e. The molecule has 0 bridgehead atoms. The summed E-state index contributed by atoms with van der Waals surface area (Å²) in [7, 11) is 0.787. The van der Waals surface area contributed by atoms with Crippen molar-refractivity contribution in [3.63, 3.8) is 0 Å². The molecule has 9 heteroatoms. The van der Waals surface area contributed by atoms with E-state index in [9.17, 15) is 18.0 Å². The minimum Gasteiger partial charge on any atom is -0.347 e. The fourth-order valence-electron chi connectivity index (χ4n) is 2.16. The van der Waals surface area contributed by atoms with E-state index in [1.54, 1.807) is 26.2 Å². The van der Waals surface area contributed by atoms with Gasteiger partial charge in [-0.1, -0.05) is 17.7 Å². The molecular weight excluding hydrogens is 390 g/mol. The Bertz CT molecular complexity index is 943. The molecule has 1 N–H and O–H groups in total. The van der Waals surface area contributed by atoms with Crippen LogP contribution in [0.2, 0.25) is 5.02 Å². The number of amides is 2. The zero-order valence-electron chi connectivity index (χ0n) is 15.1. The highest BCUT2D eigenvalue weighted by molar-refractivity contribution is 7.92. The van der Waals surface area contributed by atoms with Gasteiger partial charge >= 0.3 is 0 Å². The molecule has 2 aromatic carbocycles. The van der Waals surface area contributed by atoms with Crippen LogP contribution in [0.1, 0.15) is 10.4 Å². The molecule has 2 aromatic rings. The number of hydrogen-bond donors (Lipinski definition) is 1. The summed E-state index contributed by atoms with van der Waals surface area (Å²) < 4.78 is 27.6. The number of benzene rings is 2. The normalized spacial score (nSPS) is 11.0. The van der Waals surface area contributed by atoms with Crippen LogP contribution in [-0.2, 0) is 14.8 Å². The van der Waals surface area contributed by atoms with Gasteiger partial charge < -0.3 is 9.80 Å². The van der Waals surface area contributed by atoms with Crippen LogP contribution >= 0.6 is 11.6 Å². The first kappa shape index (κ1) is 20.7. The van der Waals surface area contributed by atoms with Gasteiger partial charge in [0.1, 0.15) is 0 Å². The molecule has 0 aliphatic carbocycles. The number of rotatable bonds is 6. The van der Waals surface area contributed by atoms with Gasteiger partial charge in [-0.2, -0.15) is 0 Å². The summed E-state index contributed by atoms with van der Waals surface area (Å²) in [6.07, 6.45) is 0. The number of nitrogens with zero attached hydrogens (tertiary/aromatic N) is 2. The van der Waals surface area contributed by atoms with Crippen molar-refractivity contribution >= 4 is 39.1 Å². The predicted octanol–water partition coefficient (Wildman–Crippen LogP) is 2.30. The third-order valence-electron chi connectivity index (χ3n) is 3.71. The molecule has 2 rings (SSSR count). The van der Waals surface area contributed by atoms with Crippen LogP contribution in [0, 0.1) is 0 Å². The van der Waals surface area contributed by atoms with E-state index in [2.05, 4.69) is 4.72 Å². The molecule has 0 unspecified atom stereocenters. The van der Waals surface area contributed by atoms with Crippen molar-refractivity contribution in [3.8, 4) is 0 Å². The van der Waals surface area contributed by atoms with Crippen LogP contribution in [0.25, 0.3) is 0 Å². The fraction of sp³-hybridized carbons (Fsp3) is 0.222. The summed E-state index contributed by atoms with van der Waals surface area (Å²) in [4.78, 5) is 26.8. The lowest BCUT2D eigenvalue weighted by atomic mass is 10.2. The predicted molar refractivity (Wildman–Crippen MR) is 104 cm³/mol. The molecular formula is C18H20ClN3O4S. The van der Waals surface area contributed by atoms with Crippen LogP contribution in [0.3, 0.4) is 0 Å². The molecule has 0 aromatic heterocycles. The molecule has 144 valence electrons. The number of carbonyl (C=O) groups excluding carboxylic acids is 2. The van der Waals surface area contributed by atoms with E-state index < -0.39 is 15.9 Å². The molecule has 0 aliphatic rings. The molecule has 2 amide bonds. The van der Waals surface area contributed by atoms with Crippen molar-refractivity contribution in [2.24, 2.45) is 0 Å². The lowest BCUT2D eigenvalue weighted by molar-refractivity contribution is -0.129. The number of likely N-dealkylation sites (N-methyl/N-ethyl adjacent to an activating group) is 2. The second-order valence-corrected chi connectivity index (χ2v) is 8.21. The average Bonchev–Trinajstić information content (AvgIpc) is 2.62. The van der Waals surface area contributed by atoms with Crippen molar-refractivity contribution in [2.75, 3.05) is 32.4 Å². The van der Waals surface area contributed by atoms with E-state index in [0.717, 1.165) is 0 Å². The molecule has 27 heavy (non-hydrogen) atoms. The van der Waals surface area contributed by atoms with Crippen molar-refractivity contribution in [1.82, 2.24) is 9.80 Å². The standard InChI is InChI=1S/C18H20ClN3O4S/c1-21(2)17(23)12-22(3)18(24)13-5-4-6-16(11-13)27(25,26)20-15-9-7-14(19)8-10-15/h4-11,20H,12H2,1-3H3. The van der Waals surface area contributed by atoms with E-state index in [1.165, 1.54) is 53.2 Å². The zero-order valence-corrected chi connectivity index (χ0v) is 16.7. The average molecular weight is 410 g/mol. The summed E-state index contributed by atoms with van der Waals surface area (Å²) in [6, 6.07) is 11.8. The highest BCUT2D eigenvalue weighted by atomic mass is 35.5. The molecule has 7 nitrogen and oxygen atoms in total. The van der Waals surface area contributed by atoms with Crippen molar-refractivity contribution in [3.05, 3.63) is 59.1 Å². The van der Waals surface area contributed by atoms with Crippen molar-refractivity contribution < 1.29 is 18.0 Å². The molecule has 0 radical (unpaired) electrons. The van der Waals surface area contributed by atoms with E-state index in [-0.39, 0.29) is 22.9 Å². The van der Waals surface area contributed by atoms with Crippen molar-refractivity contribution in [1.29, 1.82) is 0 Å². The summed E-state index contributed by atoms with van der Waals surface area (Å²) in [5, 5.41) is 0.487. The fourth-order valence-corrected chi connectivity index (χ4v) is 3.39. The number of nitrogens with one attached hydrogen (secondary N) is 1. The van der Waals surface area contributed by atoms with E-state index in [4.69, 9.17) is 11.6 Å². The number of sulfonamides is 1. The summed E-state index contributed by atoms with van der Waals surface area (Å²) in [6.45, 7) is -0.105. The summed E-state index contributed by atoms with van der Waals surface area (Å²) in [5.41, 5.74) is 0.521. The minimum atomic E-state index is -3.88. The first-order valence-electron chi connectivity index (χ1n) is 7.94. The Morgan fingerprint density at radius 3 is 2.26 bits per heavy atom. The second-order valence-electron chi connectivity index (χ2n) is 6.09. The third kappa shape index (κ3) is 5.45. The molecule has 0 aliphatic heterocycles. The maximum atomic E-state index is 12.6. The number of halogens is 1. The maximum absolute atomic E-state index is 12.6. The Hall–Kier alpha value is -2.58. The second kappa shape index (κ2) is 8.41. The monoisotopic (exact) mass is 409 g/mol. The zero-order chi connectivity index (χ0) is 20.2. The van der Waals surface area contributed by atoms with E-state index >= 15 is 0 Å². The number of anilines is 1. The van der Waals surface area contributed by atoms with Gasteiger partial charge in [-0.25, -0.2) is 8.42 Å². The van der Waals surface area contributed by atoms with Gasteiger partial charge in [0, 0.05) is 37.4 Å². The van der Waals surface area contributed by atoms with Crippen LogP contribution in [0.5, 0.6) is 0 Å². The smallest absolute Gasteiger partial charge is 0.261 e. The molecule has 0 saturated carbocycles. The highest BCUT2D eigenvalue weighted by Crippen LogP contribution is 2.19. The van der Waals surface area contributed by atoms with Gasteiger partial charge in [-0.05, 0) is 42.5 Å². The van der Waals surface area contributed by atoms with Gasteiger partial charge in [-0.15, -0.1) is 0 Å². The molecule has 0 saturated heterocycles. The lowest BCUT2D eigenvalue weighted by Gasteiger charge is -2.19. The SMILES string of the molecule is CN(C)C(=O)CN(C)C(=O)c1cccc(S(=O)(=O)Nc2ccc(Cl)cc2)c1. The Morgan fingerprint density at radius 1 is 1.04 bits per heavy atom. The van der Waals surface area contributed by atoms with Crippen LogP contribution in [0.4, 0.5) is 5.69 Å². The topological polar surface area (TPSA) is 86.8 Å². The van der Waals surface area contributed by atoms with Gasteiger partial charge in [0.25, 0.3) is 15.9 Å². The van der Waals surface area contributed by atoms with Crippen LogP contribution in [-0.4, -0.2) is 57.7 Å². The van der Waals surface area contributed by atoms with Gasteiger partial charge in [-0.3, -0.25) is 14.3 Å². The molecule has 0 spiro atoms. The van der Waals surface area contributed by atoms with Gasteiger partial charge in [0.2, 0.25) is 5.91 Å². The minimum absolute atomic E-state index is 0.0596. The largest absolute Gasteiger partial charge is 0.347 e. The third-order valence-corrected chi connectivity index (χ3v) is 5.34. The van der Waals surface area contributed by atoms with Crippen molar-refractivity contribution in [2.45, 2.75) is 4.90 Å². The summed E-state index contributed by atoms with van der Waals surface area (Å²) >= 11 is 5.79. The van der Waals surface area contributed by atoms with Gasteiger partial charge in [0.05, 0.1) is 11.4 Å². The Morgan fingerprint density at radius 2 is 1.67 bits per heavy atom. The molecule has 0 atom stereocenters. The van der Waals surface area contributed by atoms with E-state index in [1.807, 2.05) is 0 Å². The Labute approximate surface area is 163 Å². The molecule has 0 fully saturated rings. The van der Waals surface area contributed by atoms with Crippen LogP contribution < -0.4 is 4.72 Å². The quantitative estimate of drug-likeness (QED) is 0.793. The first-order valence-corrected chi connectivity index (χ1v) is 9.80. The summed E-state index contributed by atoms with van der Waals surface area (Å²) in [5.74, 6) is -0.687. The Kier molecular flexibility index (Phi) is 6.45. The lowest BCUT2D eigenvalue weighted by Crippen LogP contribution is -2.37. The highest BCUT2D eigenvalue weighted by Gasteiger charge is 2.20.